The number of esters is 1. The van der Waals surface area contributed by atoms with Crippen LogP contribution in [0, 0.1) is 0 Å². The van der Waals surface area contributed by atoms with E-state index in [4.69, 9.17) is 4.74 Å². The maximum Gasteiger partial charge on any atom is 0.339 e. The molecule has 2 nitrogen and oxygen atoms in total. The third-order valence-electron chi connectivity index (χ3n) is 3.84. The largest absolute Gasteiger partial charge is 0.459 e. The molecule has 3 rings (SSSR count). The zero-order chi connectivity index (χ0) is 13.1. The van der Waals surface area contributed by atoms with Crippen LogP contribution in [-0.2, 0) is 4.74 Å². The minimum absolute atomic E-state index is 0.115. The molecule has 0 spiro atoms. The average Bonchev–Trinajstić information content (AvgIpc) is 2.69. The number of fused-ring (bicyclic) bond motifs is 1. The summed E-state index contributed by atoms with van der Waals surface area (Å²) in [7, 11) is 0. The summed E-state index contributed by atoms with van der Waals surface area (Å²) >= 11 is 0. The van der Waals surface area contributed by atoms with Gasteiger partial charge in [-0.2, -0.15) is 0 Å². The summed E-state index contributed by atoms with van der Waals surface area (Å²) in [6.45, 7) is 0. The van der Waals surface area contributed by atoms with Gasteiger partial charge in [-0.3, -0.25) is 0 Å². The predicted molar refractivity (Wildman–Crippen MR) is 75.4 cm³/mol. The number of hydrogen-bond acceptors (Lipinski definition) is 2. The van der Waals surface area contributed by atoms with E-state index in [2.05, 4.69) is 0 Å². The van der Waals surface area contributed by atoms with E-state index >= 15 is 0 Å². The summed E-state index contributed by atoms with van der Waals surface area (Å²) in [6.07, 6.45) is 5.76. The zero-order valence-corrected chi connectivity index (χ0v) is 11.0. The van der Waals surface area contributed by atoms with Crippen LogP contribution in [0.2, 0.25) is 0 Å². The summed E-state index contributed by atoms with van der Waals surface area (Å²) in [5, 5.41) is 0. The van der Waals surface area contributed by atoms with Gasteiger partial charge in [0.2, 0.25) is 0 Å². The first kappa shape index (κ1) is 12.2. The summed E-state index contributed by atoms with van der Waals surface area (Å²) < 4.78 is 5.64. The topological polar surface area (TPSA) is 26.3 Å². The second-order valence-electron chi connectivity index (χ2n) is 5.19. The molecule has 3 aliphatic carbocycles. The minimum atomic E-state index is -0.173. The average molecular weight is 254 g/mol. The maximum atomic E-state index is 12.3. The maximum absolute atomic E-state index is 12.3. The molecule has 1 fully saturated rings. The SMILES string of the molecule is O=C(OC1CCCCC1)c1ccc2cccccc1-2. The van der Waals surface area contributed by atoms with Crippen molar-refractivity contribution in [2.45, 2.75) is 38.2 Å². The van der Waals surface area contributed by atoms with Crippen molar-refractivity contribution in [3.63, 3.8) is 0 Å². The molecule has 0 N–H and O–H groups in total. The fraction of sp³-hybridized carbons (Fsp3) is 0.353. The van der Waals surface area contributed by atoms with Crippen molar-refractivity contribution < 1.29 is 9.53 Å². The third kappa shape index (κ3) is 2.62. The van der Waals surface area contributed by atoms with Gasteiger partial charge in [0, 0.05) is 0 Å². The van der Waals surface area contributed by atoms with Gasteiger partial charge in [0.25, 0.3) is 0 Å². The van der Waals surface area contributed by atoms with Gasteiger partial charge in [-0.1, -0.05) is 42.8 Å². The van der Waals surface area contributed by atoms with Crippen LogP contribution in [0.3, 0.4) is 0 Å². The molecular weight excluding hydrogens is 236 g/mol. The Kier molecular flexibility index (Phi) is 3.49. The van der Waals surface area contributed by atoms with Crippen molar-refractivity contribution in [3.05, 3.63) is 48.0 Å². The van der Waals surface area contributed by atoms with Crippen LogP contribution < -0.4 is 0 Å². The quantitative estimate of drug-likeness (QED) is 0.748. The molecule has 0 saturated heterocycles. The molecule has 0 unspecified atom stereocenters. The highest BCUT2D eigenvalue weighted by atomic mass is 16.5. The number of carbonyl (C=O) groups excluding carboxylic acids is 1. The van der Waals surface area contributed by atoms with Crippen LogP contribution in [0.5, 0.6) is 0 Å². The van der Waals surface area contributed by atoms with Crippen LogP contribution in [0.4, 0.5) is 0 Å². The van der Waals surface area contributed by atoms with Gasteiger partial charge in [-0.05, 0) is 42.9 Å². The lowest BCUT2D eigenvalue weighted by Gasteiger charge is -2.21. The second kappa shape index (κ2) is 5.43. The fourth-order valence-electron chi connectivity index (χ4n) is 2.79. The van der Waals surface area contributed by atoms with Gasteiger partial charge < -0.3 is 4.74 Å². The van der Waals surface area contributed by atoms with Crippen LogP contribution in [-0.4, -0.2) is 12.1 Å². The molecule has 0 aromatic heterocycles. The van der Waals surface area contributed by atoms with E-state index in [9.17, 15) is 4.79 Å². The summed E-state index contributed by atoms with van der Waals surface area (Å²) in [5.74, 6) is -0.173. The zero-order valence-electron chi connectivity index (χ0n) is 11.0. The lowest BCUT2D eigenvalue weighted by Crippen LogP contribution is -2.20. The first-order valence-electron chi connectivity index (χ1n) is 7.03. The fourth-order valence-corrected chi connectivity index (χ4v) is 2.79. The molecule has 0 bridgehead atoms. The minimum Gasteiger partial charge on any atom is -0.459 e. The van der Waals surface area contributed by atoms with Crippen molar-refractivity contribution >= 4 is 5.97 Å². The van der Waals surface area contributed by atoms with Gasteiger partial charge in [0.05, 0.1) is 5.56 Å². The summed E-state index contributed by atoms with van der Waals surface area (Å²) in [5.41, 5.74) is 2.75. The molecule has 0 heterocycles. The Balaban J connectivity index is 1.79. The van der Waals surface area contributed by atoms with Crippen molar-refractivity contribution in [1.29, 1.82) is 0 Å². The van der Waals surface area contributed by atoms with E-state index < -0.39 is 0 Å². The monoisotopic (exact) mass is 254 g/mol. The van der Waals surface area contributed by atoms with Crippen LogP contribution in [0.1, 0.15) is 42.5 Å². The van der Waals surface area contributed by atoms with E-state index in [0.717, 1.165) is 24.0 Å². The first-order chi connectivity index (χ1) is 9.34. The van der Waals surface area contributed by atoms with Crippen molar-refractivity contribution in [3.8, 4) is 11.1 Å². The molecule has 0 aromatic carbocycles. The molecule has 0 aliphatic heterocycles. The number of carbonyl (C=O) groups is 1. The summed E-state index contributed by atoms with van der Waals surface area (Å²) in [6, 6.07) is 13.8. The Labute approximate surface area is 113 Å². The molecule has 0 atom stereocenters. The Bertz CT molecular complexity index is 541. The Morgan fingerprint density at radius 1 is 0.947 bits per heavy atom. The highest BCUT2D eigenvalue weighted by Crippen LogP contribution is 2.29. The van der Waals surface area contributed by atoms with E-state index in [1.54, 1.807) is 0 Å². The predicted octanol–water partition coefficient (Wildman–Crippen LogP) is 4.28. The van der Waals surface area contributed by atoms with Gasteiger partial charge in [0.1, 0.15) is 6.10 Å². The van der Waals surface area contributed by atoms with E-state index in [-0.39, 0.29) is 12.1 Å². The van der Waals surface area contributed by atoms with E-state index in [1.807, 2.05) is 42.5 Å². The van der Waals surface area contributed by atoms with Crippen molar-refractivity contribution in [1.82, 2.24) is 0 Å². The van der Waals surface area contributed by atoms with Gasteiger partial charge in [-0.15, -0.1) is 0 Å². The normalized spacial score (nSPS) is 16.4. The third-order valence-corrected chi connectivity index (χ3v) is 3.84. The number of ether oxygens (including phenoxy) is 1. The molecule has 2 heteroatoms. The number of rotatable bonds is 2. The Morgan fingerprint density at radius 2 is 1.74 bits per heavy atom. The molecule has 0 radical (unpaired) electrons. The summed E-state index contributed by atoms with van der Waals surface area (Å²) in [4.78, 5) is 12.3. The smallest absolute Gasteiger partial charge is 0.339 e. The standard InChI is InChI=1S/C17H18O2/c18-17(19-14-8-4-2-5-9-14)16-12-11-13-7-3-1-6-10-15(13)16/h1,3,6-7,10-12,14H,2,4-5,8-9H2. The highest BCUT2D eigenvalue weighted by Gasteiger charge is 2.21. The van der Waals surface area contributed by atoms with Crippen LogP contribution in [0.15, 0.2) is 42.5 Å². The van der Waals surface area contributed by atoms with Gasteiger partial charge in [-0.25, -0.2) is 4.79 Å². The molecule has 19 heavy (non-hydrogen) atoms. The molecule has 1 saturated carbocycles. The Morgan fingerprint density at radius 3 is 2.58 bits per heavy atom. The van der Waals surface area contributed by atoms with E-state index in [0.29, 0.717) is 5.56 Å². The second-order valence-corrected chi connectivity index (χ2v) is 5.19. The molecule has 98 valence electrons. The van der Waals surface area contributed by atoms with Crippen LogP contribution in [0.25, 0.3) is 11.1 Å². The molecule has 0 aromatic rings. The molecular formula is C17H18O2. The molecule has 3 aliphatic rings. The Hall–Kier alpha value is -1.83. The van der Waals surface area contributed by atoms with Gasteiger partial charge >= 0.3 is 5.97 Å². The van der Waals surface area contributed by atoms with Gasteiger partial charge in [0.15, 0.2) is 0 Å². The van der Waals surface area contributed by atoms with Crippen LogP contribution >= 0.6 is 0 Å². The van der Waals surface area contributed by atoms with Crippen molar-refractivity contribution in [2.24, 2.45) is 0 Å². The highest BCUT2D eigenvalue weighted by molar-refractivity contribution is 5.98. The molecule has 0 amide bonds. The number of hydrogen-bond donors (Lipinski definition) is 0. The first-order valence-corrected chi connectivity index (χ1v) is 7.03. The van der Waals surface area contributed by atoms with E-state index in [1.165, 1.54) is 19.3 Å². The lowest BCUT2D eigenvalue weighted by atomic mass is 9.98. The lowest BCUT2D eigenvalue weighted by molar-refractivity contribution is 0.0212. The van der Waals surface area contributed by atoms with Crippen molar-refractivity contribution in [2.75, 3.05) is 0 Å².